The molecule has 0 radical (unpaired) electrons. The third-order valence-electron chi connectivity index (χ3n) is 4.14. The Balaban J connectivity index is 1.98. The molecule has 2 rings (SSSR count). The van der Waals surface area contributed by atoms with Crippen LogP contribution >= 0.6 is 0 Å². The number of amides is 1. The minimum atomic E-state index is -0.506. The van der Waals surface area contributed by atoms with E-state index in [9.17, 15) is 4.79 Å². The third kappa shape index (κ3) is 4.08. The second-order valence-corrected chi connectivity index (χ2v) is 6.86. The van der Waals surface area contributed by atoms with Gasteiger partial charge in [0.2, 0.25) is 5.91 Å². The number of nitrogens with two attached hydrogens (primary N) is 1. The van der Waals surface area contributed by atoms with E-state index in [1.807, 2.05) is 32.9 Å². The van der Waals surface area contributed by atoms with Crippen LogP contribution in [0.15, 0.2) is 22.8 Å². The molecule has 1 unspecified atom stereocenters. The molecule has 3 N–H and O–H groups in total. The minimum absolute atomic E-state index is 0.0959. The number of carbonyl (C=O) groups is 1. The van der Waals surface area contributed by atoms with Gasteiger partial charge in [-0.25, -0.2) is 0 Å². The van der Waals surface area contributed by atoms with Gasteiger partial charge in [-0.05, 0) is 43.5 Å². The van der Waals surface area contributed by atoms with Gasteiger partial charge in [0.25, 0.3) is 0 Å². The largest absolute Gasteiger partial charge is 0.468 e. The second kappa shape index (κ2) is 6.62. The molecule has 118 valence electrons. The first-order valence-corrected chi connectivity index (χ1v) is 7.70. The summed E-state index contributed by atoms with van der Waals surface area (Å²) < 4.78 is 5.54. The van der Waals surface area contributed by atoms with Crippen molar-refractivity contribution in [3.63, 3.8) is 0 Å². The van der Waals surface area contributed by atoms with Crippen LogP contribution in [-0.4, -0.2) is 36.5 Å². The Kier molecular flexibility index (Phi) is 5.06. The number of hydrogen-bond donors (Lipinski definition) is 2. The van der Waals surface area contributed by atoms with Gasteiger partial charge >= 0.3 is 0 Å². The lowest BCUT2D eigenvalue weighted by atomic mass is 9.87. The van der Waals surface area contributed by atoms with E-state index in [0.29, 0.717) is 6.54 Å². The number of hydrogen-bond acceptors (Lipinski definition) is 4. The summed E-state index contributed by atoms with van der Waals surface area (Å²) in [5, 5.41) is 2.99. The molecule has 21 heavy (non-hydrogen) atoms. The highest BCUT2D eigenvalue weighted by molar-refractivity contribution is 5.82. The molecule has 2 heterocycles. The molecule has 1 aromatic rings. The SMILES string of the molecule is CC(C)(C)[C@H](N)C(=O)NCC(c1ccco1)N1CCCC1. The predicted octanol–water partition coefficient (Wildman–Crippen LogP) is 1.91. The van der Waals surface area contributed by atoms with E-state index in [2.05, 4.69) is 10.2 Å². The smallest absolute Gasteiger partial charge is 0.237 e. The van der Waals surface area contributed by atoms with Crippen molar-refractivity contribution in [2.45, 2.75) is 45.7 Å². The van der Waals surface area contributed by atoms with Crippen molar-refractivity contribution in [1.29, 1.82) is 0 Å². The first kappa shape index (κ1) is 16.0. The van der Waals surface area contributed by atoms with Gasteiger partial charge in [-0.15, -0.1) is 0 Å². The van der Waals surface area contributed by atoms with Crippen LogP contribution in [0.5, 0.6) is 0 Å². The normalized spacial score (nSPS) is 19.4. The molecule has 1 aromatic heterocycles. The fraction of sp³-hybridized carbons (Fsp3) is 0.688. The molecule has 5 heteroatoms. The van der Waals surface area contributed by atoms with Crippen molar-refractivity contribution in [3.05, 3.63) is 24.2 Å². The van der Waals surface area contributed by atoms with Crippen LogP contribution in [-0.2, 0) is 4.79 Å². The average Bonchev–Trinajstić information content (AvgIpc) is 3.10. The highest BCUT2D eigenvalue weighted by Crippen LogP contribution is 2.25. The summed E-state index contributed by atoms with van der Waals surface area (Å²) in [6.07, 6.45) is 4.08. The van der Waals surface area contributed by atoms with Crippen molar-refractivity contribution in [1.82, 2.24) is 10.2 Å². The number of rotatable bonds is 5. The summed E-state index contributed by atoms with van der Waals surface area (Å²) in [4.78, 5) is 14.6. The third-order valence-corrected chi connectivity index (χ3v) is 4.14. The Morgan fingerprint density at radius 1 is 1.43 bits per heavy atom. The molecule has 0 bridgehead atoms. The first-order valence-electron chi connectivity index (χ1n) is 7.70. The van der Waals surface area contributed by atoms with Gasteiger partial charge in [-0.2, -0.15) is 0 Å². The maximum absolute atomic E-state index is 12.2. The molecule has 1 aliphatic heterocycles. The van der Waals surface area contributed by atoms with Gasteiger partial charge in [0.1, 0.15) is 5.76 Å². The first-order chi connectivity index (χ1) is 9.89. The van der Waals surface area contributed by atoms with Crippen LogP contribution < -0.4 is 11.1 Å². The number of furan rings is 1. The molecular formula is C16H27N3O2. The Morgan fingerprint density at radius 3 is 2.62 bits per heavy atom. The van der Waals surface area contributed by atoms with Crippen LogP contribution in [0.1, 0.15) is 45.4 Å². The molecule has 1 aliphatic rings. The lowest BCUT2D eigenvalue weighted by molar-refractivity contribution is -0.124. The summed E-state index contributed by atoms with van der Waals surface area (Å²) in [7, 11) is 0. The fourth-order valence-electron chi connectivity index (χ4n) is 2.64. The fourth-order valence-corrected chi connectivity index (χ4v) is 2.64. The number of nitrogens with one attached hydrogen (secondary N) is 1. The quantitative estimate of drug-likeness (QED) is 0.870. The second-order valence-electron chi connectivity index (χ2n) is 6.86. The van der Waals surface area contributed by atoms with Gasteiger partial charge in [0, 0.05) is 6.54 Å². The van der Waals surface area contributed by atoms with E-state index < -0.39 is 6.04 Å². The standard InChI is InChI=1S/C16H27N3O2/c1-16(2,3)14(17)15(20)18-11-12(13-7-6-10-21-13)19-8-4-5-9-19/h6-7,10,12,14H,4-5,8-9,11,17H2,1-3H3,(H,18,20)/t12?,14-/m1/s1. The highest BCUT2D eigenvalue weighted by atomic mass is 16.3. The predicted molar refractivity (Wildman–Crippen MR) is 82.7 cm³/mol. The highest BCUT2D eigenvalue weighted by Gasteiger charge is 2.30. The Bertz CT molecular complexity index is 445. The molecule has 0 aromatic carbocycles. The van der Waals surface area contributed by atoms with Gasteiger partial charge in [-0.1, -0.05) is 20.8 Å². The zero-order valence-electron chi connectivity index (χ0n) is 13.3. The Morgan fingerprint density at radius 2 is 2.10 bits per heavy atom. The molecule has 1 saturated heterocycles. The van der Waals surface area contributed by atoms with Gasteiger partial charge in [0.15, 0.2) is 0 Å². The van der Waals surface area contributed by atoms with Crippen LogP contribution in [0, 0.1) is 5.41 Å². The van der Waals surface area contributed by atoms with Crippen molar-refractivity contribution in [2.75, 3.05) is 19.6 Å². The van der Waals surface area contributed by atoms with Gasteiger partial charge in [0.05, 0.1) is 18.3 Å². The molecule has 0 spiro atoms. The molecule has 1 fully saturated rings. The van der Waals surface area contributed by atoms with Crippen LogP contribution in [0.2, 0.25) is 0 Å². The molecule has 1 amide bonds. The summed E-state index contributed by atoms with van der Waals surface area (Å²) in [5.74, 6) is 0.805. The van der Waals surface area contributed by atoms with Gasteiger partial charge < -0.3 is 15.5 Å². The van der Waals surface area contributed by atoms with E-state index >= 15 is 0 Å². The van der Waals surface area contributed by atoms with Crippen LogP contribution in [0.4, 0.5) is 0 Å². The van der Waals surface area contributed by atoms with E-state index in [0.717, 1.165) is 18.8 Å². The lowest BCUT2D eigenvalue weighted by Crippen LogP contribution is -2.50. The molecule has 2 atom stereocenters. The number of likely N-dealkylation sites (tertiary alicyclic amines) is 1. The average molecular weight is 293 g/mol. The zero-order chi connectivity index (χ0) is 15.5. The monoisotopic (exact) mass is 293 g/mol. The molecule has 0 aliphatic carbocycles. The minimum Gasteiger partial charge on any atom is -0.468 e. The topological polar surface area (TPSA) is 71.5 Å². The molecule has 0 saturated carbocycles. The van der Waals surface area contributed by atoms with Crippen LogP contribution in [0.25, 0.3) is 0 Å². The number of nitrogens with zero attached hydrogens (tertiary/aromatic N) is 1. The van der Waals surface area contributed by atoms with Gasteiger partial charge in [-0.3, -0.25) is 9.69 Å². The zero-order valence-corrected chi connectivity index (χ0v) is 13.3. The van der Waals surface area contributed by atoms with Crippen LogP contribution in [0.3, 0.4) is 0 Å². The molecule has 5 nitrogen and oxygen atoms in total. The van der Waals surface area contributed by atoms with Crippen molar-refractivity contribution in [2.24, 2.45) is 11.1 Å². The summed E-state index contributed by atoms with van der Waals surface area (Å²) in [6, 6.07) is 3.45. The van der Waals surface area contributed by atoms with E-state index in [-0.39, 0.29) is 17.4 Å². The summed E-state index contributed by atoms with van der Waals surface area (Å²) in [5.41, 5.74) is 5.77. The van der Waals surface area contributed by atoms with Crippen molar-refractivity contribution < 1.29 is 9.21 Å². The van der Waals surface area contributed by atoms with E-state index in [4.69, 9.17) is 10.2 Å². The summed E-state index contributed by atoms with van der Waals surface area (Å²) >= 11 is 0. The van der Waals surface area contributed by atoms with Crippen molar-refractivity contribution in [3.8, 4) is 0 Å². The maximum atomic E-state index is 12.2. The van der Waals surface area contributed by atoms with E-state index in [1.54, 1.807) is 6.26 Å². The maximum Gasteiger partial charge on any atom is 0.237 e. The lowest BCUT2D eigenvalue weighted by Gasteiger charge is -2.29. The van der Waals surface area contributed by atoms with Crippen molar-refractivity contribution >= 4 is 5.91 Å². The van der Waals surface area contributed by atoms with E-state index in [1.165, 1.54) is 12.8 Å². The molecular weight excluding hydrogens is 266 g/mol. The summed E-state index contributed by atoms with van der Waals surface area (Å²) in [6.45, 7) is 8.56. The Labute approximate surface area is 126 Å². The Hall–Kier alpha value is -1.33. The number of carbonyl (C=O) groups excluding carboxylic acids is 1.